The van der Waals surface area contributed by atoms with Crippen LogP contribution >= 0.6 is 7.66 Å². The molecule has 40 valence electrons. The molecule has 0 rings (SSSR count). The Kier molecular flexibility index (Phi) is 0.928. The summed E-state index contributed by atoms with van der Waals surface area (Å²) in [6, 6.07) is 0. The van der Waals surface area contributed by atoms with Crippen LogP contribution in [0.1, 0.15) is 0 Å². The Hall–Kier alpha value is 0.230. The fraction of sp³-hybridized carbons (Fsp3) is 0. The van der Waals surface area contributed by atoms with E-state index in [0.717, 1.165) is 0 Å². The molecule has 0 aromatic carbocycles. The first-order chi connectivity index (χ1) is 2.24. The molecule has 0 saturated heterocycles. The van der Waals surface area contributed by atoms with Crippen LogP contribution < -0.4 is 5.50 Å². The molecular weight excluding hydrogens is 109 g/mol. The molecule has 0 atom stereocenters. The molecule has 0 aliphatic carbocycles. The first-order valence-corrected chi connectivity index (χ1v) is 3.17. The van der Waals surface area contributed by atoms with Crippen molar-refractivity contribution in [3.05, 3.63) is 0 Å². The van der Waals surface area contributed by atoms with E-state index in [1.54, 1.807) is 0 Å². The average Bonchev–Trinajstić information content (AvgIpc) is 0.650. The van der Waals surface area contributed by atoms with E-state index in [4.69, 9.17) is 19.6 Å². The van der Waals surface area contributed by atoms with Crippen LogP contribution in [0.15, 0.2) is 0 Å². The molecule has 0 radical (unpaired) electrons. The van der Waals surface area contributed by atoms with Gasteiger partial charge in [-0.25, -0.2) is 0 Å². The van der Waals surface area contributed by atoms with Crippen molar-refractivity contribution in [2.75, 3.05) is 0 Å². The fourth-order valence-corrected chi connectivity index (χ4v) is 0. The van der Waals surface area contributed by atoms with E-state index in [1.165, 1.54) is 0 Å². The van der Waals surface area contributed by atoms with Gasteiger partial charge in [0.05, 0.1) is 0 Å². The van der Waals surface area contributed by atoms with E-state index >= 15 is 0 Å². The Bertz CT molecular complexity index is 40.7. The van der Waals surface area contributed by atoms with Gasteiger partial charge >= 0.3 is 32.7 Å². The first kappa shape index (κ1) is 6.23. The van der Waals surface area contributed by atoms with E-state index < -0.39 is 7.66 Å². The number of hydrogen-bond acceptors (Lipinski definition) is 5. The second kappa shape index (κ2) is 0.894. The number of hydrogen-bond donors (Lipinski definition) is 5. The van der Waals surface area contributed by atoms with Gasteiger partial charge in [0, 0.05) is 0 Å². The van der Waals surface area contributed by atoms with Gasteiger partial charge in [0.1, 0.15) is 0 Å². The van der Waals surface area contributed by atoms with Crippen LogP contribution in [0.2, 0.25) is 0 Å². The maximum absolute atomic E-state index is 7.56. The summed E-state index contributed by atoms with van der Waals surface area (Å²) in [6.07, 6.45) is 0. The second-order valence-electron chi connectivity index (χ2n) is 0.999. The molecule has 0 aliphatic heterocycles. The Morgan fingerprint density at radius 3 is 1.00 bits per heavy atom. The Morgan fingerprint density at radius 1 is 1.00 bits per heavy atom. The molecule has 6 heteroatoms. The summed E-state index contributed by atoms with van der Waals surface area (Å²) in [6.45, 7) is 0. The zero-order chi connectivity index (χ0) is 5.45. The summed E-state index contributed by atoms with van der Waals surface area (Å²) in [5, 5.41) is 0. The van der Waals surface area contributed by atoms with Crippen molar-refractivity contribution in [2.24, 2.45) is 5.50 Å². The van der Waals surface area contributed by atoms with Crippen molar-refractivity contribution in [1.29, 1.82) is 0 Å². The predicted octanol–water partition coefficient (Wildman–Crippen LogP) is -1.96. The standard InChI is InChI=1S/H6NO4P/c1-6(2,3,4)5/h2-5H,1H2. The molecule has 0 aromatic rings. The van der Waals surface area contributed by atoms with Crippen LogP contribution in [-0.2, 0) is 0 Å². The van der Waals surface area contributed by atoms with Crippen LogP contribution in [0, 0.1) is 0 Å². The first-order valence-electron chi connectivity index (χ1n) is 1.06. The summed E-state index contributed by atoms with van der Waals surface area (Å²) < 4.78 is 0. The summed E-state index contributed by atoms with van der Waals surface area (Å²) in [5.41, 5.74) is 3.95. The number of rotatable bonds is 0. The monoisotopic (exact) mass is 115 g/mol. The van der Waals surface area contributed by atoms with Crippen molar-refractivity contribution in [1.82, 2.24) is 0 Å². The quantitative estimate of drug-likeness (QED) is 0.236. The maximum atomic E-state index is 7.56. The molecule has 5 nitrogen and oxygen atoms in total. The van der Waals surface area contributed by atoms with Crippen molar-refractivity contribution >= 4 is 7.66 Å². The predicted molar refractivity (Wildman–Crippen MR) is 20.0 cm³/mol. The van der Waals surface area contributed by atoms with Gasteiger partial charge < -0.3 is 0 Å². The summed E-state index contributed by atoms with van der Waals surface area (Å²) in [7, 11) is -5.55. The van der Waals surface area contributed by atoms with Gasteiger partial charge in [-0.1, -0.05) is 0 Å². The van der Waals surface area contributed by atoms with Crippen LogP contribution in [-0.4, -0.2) is 19.6 Å². The minimum absolute atomic E-state index is 3.95. The van der Waals surface area contributed by atoms with Crippen molar-refractivity contribution in [3.63, 3.8) is 0 Å². The summed E-state index contributed by atoms with van der Waals surface area (Å²) in [4.78, 5) is 30.2. The topological polar surface area (TPSA) is 107 Å². The minimum atomic E-state index is -5.55. The molecule has 0 saturated carbocycles. The molecule has 0 heterocycles. The van der Waals surface area contributed by atoms with Crippen LogP contribution in [0.5, 0.6) is 0 Å². The zero-order valence-corrected chi connectivity index (χ0v) is 3.71. The molecule has 0 fully saturated rings. The molecule has 0 amide bonds. The third-order valence-corrected chi connectivity index (χ3v) is 0. The Morgan fingerprint density at radius 2 is 1.00 bits per heavy atom. The molecule has 6 heavy (non-hydrogen) atoms. The van der Waals surface area contributed by atoms with Gasteiger partial charge in [0.25, 0.3) is 0 Å². The normalized spacial score (nSPS) is 19.2. The zero-order valence-electron chi connectivity index (χ0n) is 2.81. The van der Waals surface area contributed by atoms with Crippen molar-refractivity contribution < 1.29 is 19.6 Å². The van der Waals surface area contributed by atoms with Gasteiger partial charge in [-0.2, -0.15) is 0 Å². The average molecular weight is 115 g/mol. The van der Waals surface area contributed by atoms with E-state index in [2.05, 4.69) is 5.50 Å². The fourth-order valence-electron chi connectivity index (χ4n) is 0. The van der Waals surface area contributed by atoms with Crippen molar-refractivity contribution in [2.45, 2.75) is 0 Å². The molecule has 0 aromatic heterocycles. The van der Waals surface area contributed by atoms with Gasteiger partial charge in [-0.3, -0.25) is 0 Å². The second-order valence-corrected chi connectivity index (χ2v) is 3.00. The van der Waals surface area contributed by atoms with Gasteiger partial charge in [0.15, 0.2) is 0 Å². The molecule has 0 unspecified atom stereocenters. The number of nitrogens with two attached hydrogens (primary N) is 1. The van der Waals surface area contributed by atoms with Gasteiger partial charge in [-0.15, -0.1) is 0 Å². The molecule has 6 N–H and O–H groups in total. The summed E-state index contributed by atoms with van der Waals surface area (Å²) in [5.74, 6) is 0. The third kappa shape index (κ3) is 834. The van der Waals surface area contributed by atoms with Crippen LogP contribution in [0.3, 0.4) is 0 Å². The van der Waals surface area contributed by atoms with Crippen molar-refractivity contribution in [3.8, 4) is 0 Å². The van der Waals surface area contributed by atoms with E-state index in [-0.39, 0.29) is 0 Å². The third-order valence-electron chi connectivity index (χ3n) is 0. The molecule has 0 spiro atoms. The molecule has 0 bridgehead atoms. The van der Waals surface area contributed by atoms with Crippen LogP contribution in [0.4, 0.5) is 0 Å². The van der Waals surface area contributed by atoms with E-state index in [9.17, 15) is 0 Å². The van der Waals surface area contributed by atoms with E-state index in [0.29, 0.717) is 0 Å². The van der Waals surface area contributed by atoms with Gasteiger partial charge in [-0.05, 0) is 0 Å². The summed E-state index contributed by atoms with van der Waals surface area (Å²) >= 11 is 0. The Balaban J connectivity index is 3.73. The molecular formula is H6NO4P. The van der Waals surface area contributed by atoms with Gasteiger partial charge in [0.2, 0.25) is 0 Å². The molecule has 0 aliphatic rings. The SMILES string of the molecule is NP(O)(O)(O)O. The Labute approximate surface area is 34.0 Å². The van der Waals surface area contributed by atoms with E-state index in [1.807, 2.05) is 0 Å². The van der Waals surface area contributed by atoms with Crippen LogP contribution in [0.25, 0.3) is 0 Å².